The molecule has 280 valence electrons. The summed E-state index contributed by atoms with van der Waals surface area (Å²) in [6.07, 6.45) is 0. The number of hydrogen-bond acceptors (Lipinski definition) is 4. The number of nitrogens with zero attached hydrogens (tertiary/aromatic N) is 4. The second kappa shape index (κ2) is 13.8. The van der Waals surface area contributed by atoms with Gasteiger partial charge in [-0.1, -0.05) is 170 Å². The lowest BCUT2D eigenvalue weighted by molar-refractivity contribution is 0.666. The molecule has 60 heavy (non-hydrogen) atoms. The first-order chi connectivity index (χ1) is 29.7. The Morgan fingerprint density at radius 2 is 0.800 bits per heavy atom. The molecule has 0 aliphatic heterocycles. The number of hydrogen-bond donors (Lipinski definition) is 0. The predicted octanol–water partition coefficient (Wildman–Crippen LogP) is 14.4. The van der Waals surface area contributed by atoms with Gasteiger partial charge in [-0.05, 0) is 69.4 Å². The van der Waals surface area contributed by atoms with Crippen molar-refractivity contribution < 1.29 is 4.42 Å². The van der Waals surface area contributed by atoms with E-state index in [0.29, 0.717) is 17.5 Å². The zero-order valence-electron chi connectivity index (χ0n) is 32.3. The molecule has 0 saturated heterocycles. The maximum atomic E-state index is 6.79. The summed E-state index contributed by atoms with van der Waals surface area (Å²) in [4.78, 5) is 15.7. The normalized spacial score (nSPS) is 11.7. The third-order valence-electron chi connectivity index (χ3n) is 11.6. The van der Waals surface area contributed by atoms with Gasteiger partial charge in [0.05, 0.1) is 16.7 Å². The van der Waals surface area contributed by atoms with E-state index in [1.807, 2.05) is 24.3 Å². The Balaban J connectivity index is 1.10. The molecule has 3 heterocycles. The minimum absolute atomic E-state index is 0.578. The summed E-state index contributed by atoms with van der Waals surface area (Å²) < 4.78 is 9.14. The first-order valence-electron chi connectivity index (χ1n) is 20.2. The highest BCUT2D eigenvalue weighted by Gasteiger charge is 2.22. The average molecular weight is 767 g/mol. The van der Waals surface area contributed by atoms with Crippen molar-refractivity contribution in [1.29, 1.82) is 0 Å². The van der Waals surface area contributed by atoms with Crippen LogP contribution in [0.5, 0.6) is 0 Å². The Labute approximate surface area is 345 Å². The Morgan fingerprint density at radius 3 is 1.43 bits per heavy atom. The van der Waals surface area contributed by atoms with Crippen LogP contribution in [0.2, 0.25) is 0 Å². The van der Waals surface area contributed by atoms with Crippen LogP contribution in [0.25, 0.3) is 117 Å². The van der Waals surface area contributed by atoms with Crippen molar-refractivity contribution in [2.24, 2.45) is 0 Å². The van der Waals surface area contributed by atoms with E-state index >= 15 is 0 Å². The summed E-state index contributed by atoms with van der Waals surface area (Å²) in [6, 6.07) is 72.2. The highest BCUT2D eigenvalue weighted by Crippen LogP contribution is 2.41. The molecule has 0 radical (unpaired) electrons. The van der Waals surface area contributed by atoms with E-state index in [1.165, 1.54) is 21.5 Å². The van der Waals surface area contributed by atoms with E-state index in [2.05, 4.69) is 187 Å². The van der Waals surface area contributed by atoms with Crippen LogP contribution in [0.4, 0.5) is 0 Å². The molecule has 0 unspecified atom stereocenters. The van der Waals surface area contributed by atoms with E-state index in [0.717, 1.165) is 77.6 Å². The van der Waals surface area contributed by atoms with E-state index in [9.17, 15) is 0 Å². The van der Waals surface area contributed by atoms with Gasteiger partial charge in [0, 0.05) is 38.2 Å². The summed E-state index contributed by atoms with van der Waals surface area (Å²) in [6.45, 7) is 0. The molecule has 0 amide bonds. The van der Waals surface area contributed by atoms with Crippen molar-refractivity contribution in [1.82, 2.24) is 19.5 Å². The van der Waals surface area contributed by atoms with Gasteiger partial charge in [-0.2, -0.15) is 0 Å². The van der Waals surface area contributed by atoms with E-state index in [-0.39, 0.29) is 0 Å². The maximum absolute atomic E-state index is 6.79. The number of benzene rings is 9. The highest BCUT2D eigenvalue weighted by molar-refractivity contribution is 6.16. The SMILES string of the molecule is c1ccc(-c2ccc(-c3nc(-c4ccc(-c5ccccc5)cc4)nc(-c4cc(-n5c6ccccc6c6cc7ccccc7cc65)c5oc6ccccc6c5c4)n3)cc2)cc1. The number of aromatic nitrogens is 4. The molecule has 12 rings (SSSR count). The third kappa shape index (κ3) is 5.67. The minimum atomic E-state index is 0.578. The topological polar surface area (TPSA) is 56.7 Å². The lowest BCUT2D eigenvalue weighted by atomic mass is 10.0. The van der Waals surface area contributed by atoms with Crippen LogP contribution in [0.15, 0.2) is 211 Å². The van der Waals surface area contributed by atoms with Gasteiger partial charge in [-0.15, -0.1) is 0 Å². The van der Waals surface area contributed by atoms with Gasteiger partial charge in [0.25, 0.3) is 0 Å². The second-order valence-corrected chi connectivity index (χ2v) is 15.2. The summed E-state index contributed by atoms with van der Waals surface area (Å²) in [5, 5.41) is 6.76. The van der Waals surface area contributed by atoms with Crippen molar-refractivity contribution >= 4 is 54.5 Å². The number of rotatable bonds is 6. The van der Waals surface area contributed by atoms with Gasteiger partial charge in [-0.3, -0.25) is 0 Å². The fourth-order valence-corrected chi connectivity index (χ4v) is 8.67. The summed E-state index contributed by atoms with van der Waals surface area (Å²) in [5.74, 6) is 1.78. The average Bonchev–Trinajstić information content (AvgIpc) is 3.86. The van der Waals surface area contributed by atoms with Gasteiger partial charge in [0.15, 0.2) is 23.1 Å². The fourth-order valence-electron chi connectivity index (χ4n) is 8.67. The van der Waals surface area contributed by atoms with Crippen molar-refractivity contribution in [3.05, 3.63) is 206 Å². The maximum Gasteiger partial charge on any atom is 0.164 e. The van der Waals surface area contributed by atoms with Crippen molar-refractivity contribution in [2.75, 3.05) is 0 Å². The molecular formula is C55H34N4O. The number of furan rings is 1. The van der Waals surface area contributed by atoms with Gasteiger partial charge >= 0.3 is 0 Å². The molecule has 0 spiro atoms. The molecule has 0 saturated carbocycles. The van der Waals surface area contributed by atoms with E-state index in [4.69, 9.17) is 19.4 Å². The fraction of sp³-hybridized carbons (Fsp3) is 0. The van der Waals surface area contributed by atoms with Crippen molar-refractivity contribution in [3.8, 4) is 62.1 Å². The number of para-hydroxylation sites is 2. The molecule has 0 N–H and O–H groups in total. The predicted molar refractivity (Wildman–Crippen MR) is 246 cm³/mol. The van der Waals surface area contributed by atoms with E-state index < -0.39 is 0 Å². The molecule has 5 nitrogen and oxygen atoms in total. The van der Waals surface area contributed by atoms with Gasteiger partial charge in [0.1, 0.15) is 5.58 Å². The molecule has 12 aromatic rings. The minimum Gasteiger partial charge on any atom is -0.454 e. The van der Waals surface area contributed by atoms with Crippen LogP contribution in [0.1, 0.15) is 0 Å². The zero-order chi connectivity index (χ0) is 39.6. The second-order valence-electron chi connectivity index (χ2n) is 15.2. The summed E-state index contributed by atoms with van der Waals surface area (Å²) in [5.41, 5.74) is 12.0. The van der Waals surface area contributed by atoms with Crippen LogP contribution in [0.3, 0.4) is 0 Å². The van der Waals surface area contributed by atoms with Crippen molar-refractivity contribution in [2.45, 2.75) is 0 Å². The molecule has 3 aromatic heterocycles. The van der Waals surface area contributed by atoms with E-state index in [1.54, 1.807) is 0 Å². The molecule has 0 fully saturated rings. The third-order valence-corrected chi connectivity index (χ3v) is 11.6. The van der Waals surface area contributed by atoms with Gasteiger partial charge in [-0.25, -0.2) is 15.0 Å². The molecule has 0 bridgehead atoms. The first-order valence-corrected chi connectivity index (χ1v) is 20.2. The molecule has 0 atom stereocenters. The smallest absolute Gasteiger partial charge is 0.164 e. The largest absolute Gasteiger partial charge is 0.454 e. The summed E-state index contributed by atoms with van der Waals surface area (Å²) in [7, 11) is 0. The standard InChI is InChI=1S/C55H34N4O/c1-3-13-35(14-4-1)37-23-27-39(28-24-37)53-56-54(40-29-25-38(26-30-40)36-15-5-2-6-16-36)58-55(57-53)43-32-47-45-20-10-12-22-51(45)60-52(47)50(34-43)59-48-21-11-9-19-44(48)46-31-41-17-7-8-18-42(41)33-49(46)59/h1-34H. The van der Waals surface area contributed by atoms with Crippen LogP contribution in [-0.2, 0) is 0 Å². The number of fused-ring (bicyclic) bond motifs is 7. The Morgan fingerprint density at radius 1 is 0.317 bits per heavy atom. The molecule has 0 aliphatic carbocycles. The van der Waals surface area contributed by atoms with Crippen LogP contribution in [0, 0.1) is 0 Å². The Bertz CT molecular complexity index is 3470. The molecule has 5 heteroatoms. The Kier molecular flexibility index (Phi) is 7.78. The van der Waals surface area contributed by atoms with Crippen LogP contribution < -0.4 is 0 Å². The quantitative estimate of drug-likeness (QED) is 0.169. The lowest BCUT2D eigenvalue weighted by Gasteiger charge is -2.13. The summed E-state index contributed by atoms with van der Waals surface area (Å²) >= 11 is 0. The monoisotopic (exact) mass is 766 g/mol. The molecule has 9 aromatic carbocycles. The Hall–Kier alpha value is -8.15. The lowest BCUT2D eigenvalue weighted by Crippen LogP contribution is -2.01. The zero-order valence-corrected chi connectivity index (χ0v) is 32.3. The highest BCUT2D eigenvalue weighted by atomic mass is 16.3. The first kappa shape index (κ1) is 33.9. The van der Waals surface area contributed by atoms with Crippen LogP contribution >= 0.6 is 0 Å². The van der Waals surface area contributed by atoms with Gasteiger partial charge < -0.3 is 8.98 Å². The van der Waals surface area contributed by atoms with Crippen molar-refractivity contribution in [3.63, 3.8) is 0 Å². The molecule has 0 aliphatic rings. The molecular weight excluding hydrogens is 733 g/mol. The van der Waals surface area contributed by atoms with Crippen LogP contribution in [-0.4, -0.2) is 19.5 Å². The van der Waals surface area contributed by atoms with Gasteiger partial charge in [0.2, 0.25) is 0 Å².